The summed E-state index contributed by atoms with van der Waals surface area (Å²) in [6.45, 7) is 2.69. The van der Waals surface area contributed by atoms with Crippen LogP contribution in [0, 0.1) is 0 Å². The van der Waals surface area contributed by atoms with E-state index in [0.717, 1.165) is 36.0 Å². The number of hydrogen-bond acceptors (Lipinski definition) is 3. The summed E-state index contributed by atoms with van der Waals surface area (Å²) in [6.07, 6.45) is 2.42. The van der Waals surface area contributed by atoms with Crippen LogP contribution in [0.3, 0.4) is 0 Å². The Bertz CT molecular complexity index is 384. The molecule has 1 aliphatic heterocycles. The van der Waals surface area contributed by atoms with E-state index in [4.69, 9.17) is 22.1 Å². The molecule has 1 aromatic carbocycles. The highest BCUT2D eigenvalue weighted by molar-refractivity contribution is 6.31. The smallest absolute Gasteiger partial charge is 0.119 e. The van der Waals surface area contributed by atoms with E-state index in [1.165, 1.54) is 12.8 Å². The van der Waals surface area contributed by atoms with Gasteiger partial charge in [-0.1, -0.05) is 11.6 Å². The third-order valence-electron chi connectivity index (χ3n) is 3.40. The van der Waals surface area contributed by atoms with Gasteiger partial charge in [0, 0.05) is 24.2 Å². The molecule has 0 aromatic heterocycles. The van der Waals surface area contributed by atoms with Gasteiger partial charge in [-0.25, -0.2) is 0 Å². The second-order valence-electron chi connectivity index (χ2n) is 4.46. The molecule has 1 fully saturated rings. The topological polar surface area (TPSA) is 38.5 Å². The van der Waals surface area contributed by atoms with E-state index in [-0.39, 0.29) is 0 Å². The van der Waals surface area contributed by atoms with Gasteiger partial charge in [0.2, 0.25) is 0 Å². The molecule has 0 bridgehead atoms. The van der Waals surface area contributed by atoms with Crippen molar-refractivity contribution in [2.24, 2.45) is 5.73 Å². The molecule has 2 rings (SSSR count). The van der Waals surface area contributed by atoms with Crippen molar-refractivity contribution in [1.29, 1.82) is 0 Å². The van der Waals surface area contributed by atoms with Crippen LogP contribution >= 0.6 is 11.6 Å². The lowest BCUT2D eigenvalue weighted by atomic mass is 10.1. The first kappa shape index (κ1) is 12.7. The number of halogens is 1. The minimum absolute atomic E-state index is 0.497. The fourth-order valence-corrected chi connectivity index (χ4v) is 2.57. The van der Waals surface area contributed by atoms with Gasteiger partial charge in [-0.15, -0.1) is 0 Å². The molecule has 0 aliphatic carbocycles. The van der Waals surface area contributed by atoms with Crippen LogP contribution in [0.2, 0.25) is 5.02 Å². The van der Waals surface area contributed by atoms with Gasteiger partial charge in [0.1, 0.15) is 5.75 Å². The molecule has 94 valence electrons. The normalized spacial score (nSPS) is 20.8. The average Bonchev–Trinajstić information content (AvgIpc) is 2.79. The Morgan fingerprint density at radius 1 is 1.53 bits per heavy atom. The van der Waals surface area contributed by atoms with Crippen LogP contribution in [0.5, 0.6) is 5.75 Å². The predicted molar refractivity (Wildman–Crippen MR) is 70.5 cm³/mol. The number of benzene rings is 1. The molecule has 1 aromatic rings. The summed E-state index contributed by atoms with van der Waals surface area (Å²) in [5.41, 5.74) is 6.89. The van der Waals surface area contributed by atoms with E-state index in [2.05, 4.69) is 4.90 Å². The minimum Gasteiger partial charge on any atom is -0.497 e. The zero-order chi connectivity index (χ0) is 12.3. The quantitative estimate of drug-likeness (QED) is 0.896. The van der Waals surface area contributed by atoms with Crippen LogP contribution in [-0.2, 0) is 6.54 Å². The highest BCUT2D eigenvalue weighted by Crippen LogP contribution is 2.26. The van der Waals surface area contributed by atoms with Crippen LogP contribution in [-0.4, -0.2) is 31.1 Å². The molecule has 3 nitrogen and oxygen atoms in total. The maximum absolute atomic E-state index is 6.21. The number of likely N-dealkylation sites (tertiary alicyclic amines) is 1. The highest BCUT2D eigenvalue weighted by Gasteiger charge is 2.23. The van der Waals surface area contributed by atoms with Crippen molar-refractivity contribution in [3.8, 4) is 5.75 Å². The lowest BCUT2D eigenvalue weighted by molar-refractivity contribution is 0.250. The fraction of sp³-hybridized carbons (Fsp3) is 0.538. The number of nitrogens with two attached hydrogens (primary N) is 1. The molecular weight excluding hydrogens is 236 g/mol. The highest BCUT2D eigenvalue weighted by atomic mass is 35.5. The van der Waals surface area contributed by atoms with Gasteiger partial charge in [-0.2, -0.15) is 0 Å². The molecular formula is C13H19ClN2O. The van der Waals surface area contributed by atoms with Gasteiger partial charge in [0.05, 0.1) is 7.11 Å². The van der Waals surface area contributed by atoms with E-state index in [1.807, 2.05) is 18.2 Å². The molecule has 1 heterocycles. The molecule has 1 aliphatic rings. The maximum Gasteiger partial charge on any atom is 0.119 e. The Labute approximate surface area is 107 Å². The van der Waals surface area contributed by atoms with E-state index in [0.29, 0.717) is 6.04 Å². The van der Waals surface area contributed by atoms with Crippen molar-refractivity contribution in [2.75, 3.05) is 20.2 Å². The van der Waals surface area contributed by atoms with Crippen molar-refractivity contribution in [3.63, 3.8) is 0 Å². The first-order chi connectivity index (χ1) is 8.24. The third kappa shape index (κ3) is 2.92. The Morgan fingerprint density at radius 2 is 2.35 bits per heavy atom. The number of methoxy groups -OCH3 is 1. The van der Waals surface area contributed by atoms with E-state index in [9.17, 15) is 0 Å². The molecule has 0 amide bonds. The van der Waals surface area contributed by atoms with Crippen LogP contribution in [0.15, 0.2) is 18.2 Å². The summed E-state index contributed by atoms with van der Waals surface area (Å²) < 4.78 is 5.23. The van der Waals surface area contributed by atoms with Crippen molar-refractivity contribution in [1.82, 2.24) is 4.90 Å². The summed E-state index contributed by atoms with van der Waals surface area (Å²) in [5, 5.41) is 0.800. The van der Waals surface area contributed by atoms with Gasteiger partial charge in [-0.3, -0.25) is 4.90 Å². The minimum atomic E-state index is 0.497. The maximum atomic E-state index is 6.21. The molecule has 4 heteroatoms. The summed E-state index contributed by atoms with van der Waals surface area (Å²) in [4.78, 5) is 2.40. The number of ether oxygens (including phenoxy) is 1. The molecule has 1 unspecified atom stereocenters. The average molecular weight is 255 g/mol. The van der Waals surface area contributed by atoms with E-state index >= 15 is 0 Å². The Balaban J connectivity index is 2.12. The number of nitrogens with zero attached hydrogens (tertiary/aromatic N) is 1. The molecule has 1 atom stereocenters. The zero-order valence-corrected chi connectivity index (χ0v) is 10.9. The standard InChI is InChI=1S/C13H19ClN2O/c1-17-12-4-5-13(14)10(7-12)9-16-6-2-3-11(16)8-15/h4-5,7,11H,2-3,6,8-9,15H2,1H3. The Kier molecular flexibility index (Phi) is 4.26. The summed E-state index contributed by atoms with van der Waals surface area (Å²) >= 11 is 6.21. The van der Waals surface area contributed by atoms with Gasteiger partial charge in [-0.05, 0) is 43.1 Å². The summed E-state index contributed by atoms with van der Waals surface area (Å²) in [5.74, 6) is 0.855. The first-order valence-corrected chi connectivity index (χ1v) is 6.39. The largest absolute Gasteiger partial charge is 0.497 e. The molecule has 2 N–H and O–H groups in total. The second-order valence-corrected chi connectivity index (χ2v) is 4.87. The van der Waals surface area contributed by atoms with E-state index in [1.54, 1.807) is 7.11 Å². The monoisotopic (exact) mass is 254 g/mol. The van der Waals surface area contributed by atoms with Gasteiger partial charge in [0.15, 0.2) is 0 Å². The first-order valence-electron chi connectivity index (χ1n) is 6.01. The fourth-order valence-electron chi connectivity index (χ4n) is 2.39. The SMILES string of the molecule is COc1ccc(Cl)c(CN2CCCC2CN)c1. The van der Waals surface area contributed by atoms with Crippen LogP contribution < -0.4 is 10.5 Å². The van der Waals surface area contributed by atoms with Gasteiger partial charge < -0.3 is 10.5 Å². The lowest BCUT2D eigenvalue weighted by Gasteiger charge is -2.23. The van der Waals surface area contributed by atoms with Crippen LogP contribution in [0.25, 0.3) is 0 Å². The van der Waals surface area contributed by atoms with Crippen molar-refractivity contribution >= 4 is 11.6 Å². The zero-order valence-electron chi connectivity index (χ0n) is 10.2. The van der Waals surface area contributed by atoms with Crippen molar-refractivity contribution in [2.45, 2.75) is 25.4 Å². The molecule has 1 saturated heterocycles. The van der Waals surface area contributed by atoms with Crippen LogP contribution in [0.4, 0.5) is 0 Å². The van der Waals surface area contributed by atoms with Crippen LogP contribution in [0.1, 0.15) is 18.4 Å². The predicted octanol–water partition coefficient (Wildman–Crippen LogP) is 2.27. The lowest BCUT2D eigenvalue weighted by Crippen LogP contribution is -2.34. The Morgan fingerprint density at radius 3 is 3.06 bits per heavy atom. The third-order valence-corrected chi connectivity index (χ3v) is 3.77. The van der Waals surface area contributed by atoms with E-state index < -0.39 is 0 Å². The number of rotatable bonds is 4. The molecule has 0 spiro atoms. The molecule has 17 heavy (non-hydrogen) atoms. The Hall–Kier alpha value is -0.770. The second kappa shape index (κ2) is 5.71. The van der Waals surface area contributed by atoms with Crippen molar-refractivity contribution in [3.05, 3.63) is 28.8 Å². The van der Waals surface area contributed by atoms with Gasteiger partial charge >= 0.3 is 0 Å². The molecule has 0 saturated carbocycles. The number of hydrogen-bond donors (Lipinski definition) is 1. The summed E-state index contributed by atoms with van der Waals surface area (Å²) in [7, 11) is 1.67. The van der Waals surface area contributed by atoms with Gasteiger partial charge in [0.25, 0.3) is 0 Å². The summed E-state index contributed by atoms with van der Waals surface area (Å²) in [6, 6.07) is 6.28. The van der Waals surface area contributed by atoms with Crippen molar-refractivity contribution < 1.29 is 4.74 Å². The molecule has 0 radical (unpaired) electrons.